The average Bonchev–Trinajstić information content (AvgIpc) is 2.60. The molecule has 0 amide bonds. The number of rotatable bonds is 2. The first-order chi connectivity index (χ1) is 8.55. The van der Waals surface area contributed by atoms with Gasteiger partial charge in [0.1, 0.15) is 0 Å². The van der Waals surface area contributed by atoms with Crippen molar-refractivity contribution in [1.29, 1.82) is 0 Å². The number of hydrogen-bond donors (Lipinski definition) is 1. The van der Waals surface area contributed by atoms with Crippen molar-refractivity contribution >= 4 is 0 Å². The molecule has 2 aliphatic rings. The van der Waals surface area contributed by atoms with Gasteiger partial charge < -0.3 is 15.2 Å². The molecule has 0 aliphatic carbocycles. The molecule has 6 unspecified atom stereocenters. The molecule has 3 nitrogen and oxygen atoms in total. The van der Waals surface area contributed by atoms with Gasteiger partial charge >= 0.3 is 0 Å². The monoisotopic (exact) mass is 269 g/mol. The summed E-state index contributed by atoms with van der Waals surface area (Å²) in [4.78, 5) is 0. The molecule has 0 radical (unpaired) electrons. The third-order valence-corrected chi connectivity index (χ3v) is 5.37. The quantitative estimate of drug-likeness (QED) is 0.838. The van der Waals surface area contributed by atoms with E-state index in [1.54, 1.807) is 0 Å². The Kier molecular flexibility index (Phi) is 3.79. The highest BCUT2D eigenvalue weighted by atomic mass is 16.5. The van der Waals surface area contributed by atoms with E-state index in [1.165, 1.54) is 0 Å². The Labute approximate surface area is 118 Å². The number of nitrogens with two attached hydrogens (primary N) is 1. The van der Waals surface area contributed by atoms with Crippen LogP contribution in [0.15, 0.2) is 0 Å². The summed E-state index contributed by atoms with van der Waals surface area (Å²) in [5.41, 5.74) is 6.45. The minimum absolute atomic E-state index is 0.0661. The summed E-state index contributed by atoms with van der Waals surface area (Å²) in [5, 5.41) is 0. The fraction of sp³-hybridized carbons (Fsp3) is 1.00. The van der Waals surface area contributed by atoms with E-state index in [9.17, 15) is 0 Å². The van der Waals surface area contributed by atoms with Gasteiger partial charge in [0.15, 0.2) is 0 Å². The molecule has 2 fully saturated rings. The molecule has 2 aliphatic heterocycles. The van der Waals surface area contributed by atoms with E-state index in [4.69, 9.17) is 15.2 Å². The van der Waals surface area contributed by atoms with Crippen molar-refractivity contribution in [2.75, 3.05) is 0 Å². The molecule has 19 heavy (non-hydrogen) atoms. The SMILES string of the molecule is CC1OC(C)C(C(N)C2CC(C)(C)OC2(C)C)C1C. The van der Waals surface area contributed by atoms with E-state index in [0.717, 1.165) is 6.42 Å². The second-order valence-electron chi connectivity index (χ2n) is 7.84. The molecule has 6 atom stereocenters. The van der Waals surface area contributed by atoms with Crippen molar-refractivity contribution in [2.45, 2.75) is 84.3 Å². The van der Waals surface area contributed by atoms with Crippen molar-refractivity contribution in [2.24, 2.45) is 23.5 Å². The van der Waals surface area contributed by atoms with Crippen LogP contribution >= 0.6 is 0 Å². The van der Waals surface area contributed by atoms with Crippen molar-refractivity contribution in [3.8, 4) is 0 Å². The number of ether oxygens (including phenoxy) is 2. The first kappa shape index (κ1) is 15.3. The second kappa shape index (κ2) is 4.71. The standard InChI is InChI=1S/C16H31NO2/c1-9-10(2)18-11(3)13(9)14(17)12-8-15(4,5)19-16(12,6)7/h9-14H,8,17H2,1-7H3. The Balaban J connectivity index is 2.18. The van der Waals surface area contributed by atoms with Crippen LogP contribution in [0.5, 0.6) is 0 Å². The Bertz CT molecular complexity index is 340. The predicted octanol–water partition coefficient (Wildman–Crippen LogP) is 2.97. The molecule has 0 aromatic rings. The summed E-state index contributed by atoms with van der Waals surface area (Å²) in [6.07, 6.45) is 1.59. The first-order valence-electron chi connectivity index (χ1n) is 7.66. The molecule has 112 valence electrons. The molecule has 2 N–H and O–H groups in total. The number of hydrogen-bond acceptors (Lipinski definition) is 3. The fourth-order valence-corrected chi connectivity index (χ4v) is 4.43. The van der Waals surface area contributed by atoms with Gasteiger partial charge in [-0.1, -0.05) is 6.92 Å². The molecule has 0 saturated carbocycles. The van der Waals surface area contributed by atoms with Gasteiger partial charge in [0, 0.05) is 17.9 Å². The molecule has 2 saturated heterocycles. The highest BCUT2D eigenvalue weighted by Gasteiger charge is 2.52. The molecular formula is C16H31NO2. The molecule has 2 heterocycles. The minimum atomic E-state index is -0.145. The van der Waals surface area contributed by atoms with Gasteiger partial charge in [-0.25, -0.2) is 0 Å². The lowest BCUT2D eigenvalue weighted by Crippen LogP contribution is -2.49. The van der Waals surface area contributed by atoms with Gasteiger partial charge in [-0.15, -0.1) is 0 Å². The average molecular weight is 269 g/mol. The zero-order valence-corrected chi connectivity index (χ0v) is 13.6. The third-order valence-electron chi connectivity index (χ3n) is 5.37. The largest absolute Gasteiger partial charge is 0.375 e. The van der Waals surface area contributed by atoms with Gasteiger partial charge in [-0.2, -0.15) is 0 Å². The lowest BCUT2D eigenvalue weighted by atomic mass is 9.72. The van der Waals surface area contributed by atoms with E-state index in [-0.39, 0.29) is 23.3 Å². The molecular weight excluding hydrogens is 238 g/mol. The summed E-state index contributed by atoms with van der Waals surface area (Å²) in [5.74, 6) is 1.34. The van der Waals surface area contributed by atoms with Crippen molar-refractivity contribution in [3.05, 3.63) is 0 Å². The van der Waals surface area contributed by atoms with Crippen LogP contribution < -0.4 is 5.73 Å². The lowest BCUT2D eigenvalue weighted by molar-refractivity contribution is -0.0793. The van der Waals surface area contributed by atoms with Crippen molar-refractivity contribution in [3.63, 3.8) is 0 Å². The van der Waals surface area contributed by atoms with Crippen LogP contribution in [0.4, 0.5) is 0 Å². The van der Waals surface area contributed by atoms with E-state index < -0.39 is 0 Å². The predicted molar refractivity (Wildman–Crippen MR) is 78.0 cm³/mol. The smallest absolute Gasteiger partial charge is 0.0677 e. The molecule has 0 bridgehead atoms. The summed E-state index contributed by atoms with van der Waals surface area (Å²) in [7, 11) is 0. The van der Waals surface area contributed by atoms with E-state index in [0.29, 0.717) is 23.9 Å². The maximum atomic E-state index is 6.66. The highest BCUT2D eigenvalue weighted by molar-refractivity contribution is 5.03. The maximum absolute atomic E-state index is 6.66. The normalized spacial score (nSPS) is 46.4. The second-order valence-corrected chi connectivity index (χ2v) is 7.84. The van der Waals surface area contributed by atoms with Crippen LogP contribution in [-0.2, 0) is 9.47 Å². The molecule has 0 aromatic carbocycles. The Morgan fingerprint density at radius 3 is 2.00 bits per heavy atom. The summed E-state index contributed by atoms with van der Waals surface area (Å²) >= 11 is 0. The fourth-order valence-electron chi connectivity index (χ4n) is 4.43. The minimum Gasteiger partial charge on any atom is -0.375 e. The Morgan fingerprint density at radius 1 is 1.05 bits per heavy atom. The van der Waals surface area contributed by atoms with E-state index in [1.807, 2.05) is 0 Å². The summed E-state index contributed by atoms with van der Waals surface area (Å²) in [6, 6.07) is 0.145. The van der Waals surface area contributed by atoms with Gasteiger partial charge in [0.2, 0.25) is 0 Å². The van der Waals surface area contributed by atoms with Crippen LogP contribution in [0.1, 0.15) is 54.9 Å². The van der Waals surface area contributed by atoms with Crippen LogP contribution in [-0.4, -0.2) is 29.5 Å². The first-order valence-corrected chi connectivity index (χ1v) is 7.66. The zero-order valence-electron chi connectivity index (χ0n) is 13.6. The van der Waals surface area contributed by atoms with Crippen LogP contribution in [0.3, 0.4) is 0 Å². The maximum Gasteiger partial charge on any atom is 0.0677 e. The van der Waals surface area contributed by atoms with Crippen molar-refractivity contribution < 1.29 is 9.47 Å². The molecule has 0 aromatic heterocycles. The van der Waals surface area contributed by atoms with Crippen LogP contribution in [0.25, 0.3) is 0 Å². The molecule has 3 heteroatoms. The summed E-state index contributed by atoms with van der Waals surface area (Å²) in [6.45, 7) is 15.3. The zero-order chi connectivity index (χ0) is 14.6. The third kappa shape index (κ3) is 2.70. The van der Waals surface area contributed by atoms with Gasteiger partial charge in [0.05, 0.1) is 23.4 Å². The van der Waals surface area contributed by atoms with Crippen LogP contribution in [0, 0.1) is 17.8 Å². The van der Waals surface area contributed by atoms with Gasteiger partial charge in [-0.3, -0.25) is 0 Å². The van der Waals surface area contributed by atoms with E-state index in [2.05, 4.69) is 48.5 Å². The Morgan fingerprint density at radius 2 is 1.63 bits per heavy atom. The highest BCUT2D eigenvalue weighted by Crippen LogP contribution is 2.47. The Hall–Kier alpha value is -0.120. The molecule has 2 rings (SSSR count). The topological polar surface area (TPSA) is 44.5 Å². The molecule has 0 spiro atoms. The lowest BCUT2D eigenvalue weighted by Gasteiger charge is -2.36. The van der Waals surface area contributed by atoms with Gasteiger partial charge in [-0.05, 0) is 53.9 Å². The van der Waals surface area contributed by atoms with E-state index >= 15 is 0 Å². The van der Waals surface area contributed by atoms with Crippen LogP contribution in [0.2, 0.25) is 0 Å². The van der Waals surface area contributed by atoms with Gasteiger partial charge in [0.25, 0.3) is 0 Å². The summed E-state index contributed by atoms with van der Waals surface area (Å²) < 4.78 is 12.2. The van der Waals surface area contributed by atoms with Crippen molar-refractivity contribution in [1.82, 2.24) is 0 Å².